The maximum Gasteiger partial charge on any atom is 0.271 e. The van der Waals surface area contributed by atoms with E-state index in [-0.39, 0.29) is 11.9 Å². The molecule has 3 heterocycles. The zero-order chi connectivity index (χ0) is 17.5. The number of aromatic nitrogens is 3. The van der Waals surface area contributed by atoms with Crippen molar-refractivity contribution in [3.63, 3.8) is 0 Å². The topological polar surface area (TPSA) is 72.3 Å². The van der Waals surface area contributed by atoms with Crippen molar-refractivity contribution < 1.29 is 9.53 Å². The minimum absolute atomic E-state index is 0.0937. The number of amides is 1. The normalized spacial score (nSPS) is 16.0. The van der Waals surface area contributed by atoms with Crippen LogP contribution in [0.1, 0.15) is 28.9 Å². The summed E-state index contributed by atoms with van der Waals surface area (Å²) in [5, 5.41) is 7.40. The first kappa shape index (κ1) is 17.6. The molecule has 1 amide bonds. The molecule has 3 rings (SSSR count). The molecule has 7 heteroatoms. The summed E-state index contributed by atoms with van der Waals surface area (Å²) in [4.78, 5) is 18.8. The number of hydrogen-bond donors (Lipinski definition) is 1. The van der Waals surface area contributed by atoms with E-state index in [9.17, 15) is 4.79 Å². The third-order valence-corrected chi connectivity index (χ3v) is 4.48. The lowest BCUT2D eigenvalue weighted by Gasteiger charge is -2.32. The van der Waals surface area contributed by atoms with E-state index in [0.29, 0.717) is 18.8 Å². The maximum absolute atomic E-state index is 12.3. The van der Waals surface area contributed by atoms with Gasteiger partial charge in [-0.2, -0.15) is 5.10 Å². The summed E-state index contributed by atoms with van der Waals surface area (Å²) in [7, 11) is 1.65. The number of nitrogens with zero attached hydrogens (tertiary/aromatic N) is 4. The van der Waals surface area contributed by atoms with E-state index in [1.165, 1.54) is 5.56 Å². The molecule has 1 N–H and O–H groups in total. The van der Waals surface area contributed by atoms with Crippen LogP contribution in [-0.4, -0.2) is 58.4 Å². The van der Waals surface area contributed by atoms with Gasteiger partial charge >= 0.3 is 0 Å². The van der Waals surface area contributed by atoms with Crippen LogP contribution in [0.25, 0.3) is 0 Å². The van der Waals surface area contributed by atoms with E-state index in [1.54, 1.807) is 17.9 Å². The van der Waals surface area contributed by atoms with Gasteiger partial charge in [0, 0.05) is 51.4 Å². The van der Waals surface area contributed by atoms with Crippen LogP contribution in [-0.2, 0) is 17.8 Å². The van der Waals surface area contributed by atoms with E-state index in [2.05, 4.69) is 20.3 Å². The second-order valence-electron chi connectivity index (χ2n) is 6.34. The highest BCUT2D eigenvalue weighted by Crippen LogP contribution is 2.14. The SMILES string of the molecule is COCCn1ccc(C(=O)NC2CCN(Cc3ccncc3)CC2)n1. The quantitative estimate of drug-likeness (QED) is 0.821. The molecular weight excluding hydrogens is 318 g/mol. The van der Waals surface area contributed by atoms with Gasteiger partial charge in [-0.3, -0.25) is 19.4 Å². The lowest BCUT2D eigenvalue weighted by Crippen LogP contribution is -2.44. The standard InChI is InChI=1S/C18H25N5O2/c1-25-13-12-23-11-6-17(21-23)18(24)20-16-4-9-22(10-5-16)14-15-2-7-19-8-3-15/h2-3,6-8,11,16H,4-5,9-10,12-14H2,1H3,(H,20,24). The van der Waals surface area contributed by atoms with E-state index < -0.39 is 0 Å². The van der Waals surface area contributed by atoms with Gasteiger partial charge in [0.25, 0.3) is 5.91 Å². The first-order valence-corrected chi connectivity index (χ1v) is 8.69. The van der Waals surface area contributed by atoms with Gasteiger partial charge in [0.05, 0.1) is 13.2 Å². The molecule has 2 aromatic rings. The summed E-state index contributed by atoms with van der Waals surface area (Å²) in [5.41, 5.74) is 1.74. The van der Waals surface area contributed by atoms with Gasteiger partial charge in [0.15, 0.2) is 0 Å². The Bertz CT molecular complexity index is 665. The van der Waals surface area contributed by atoms with Gasteiger partial charge in [-0.25, -0.2) is 0 Å². The molecule has 0 radical (unpaired) electrons. The number of pyridine rings is 1. The average Bonchev–Trinajstić information content (AvgIpc) is 3.12. The fraction of sp³-hybridized carbons (Fsp3) is 0.500. The van der Waals surface area contributed by atoms with E-state index in [4.69, 9.17) is 4.74 Å². The summed E-state index contributed by atoms with van der Waals surface area (Å²) in [5.74, 6) is -0.0937. The van der Waals surface area contributed by atoms with Crippen LogP contribution in [0.4, 0.5) is 0 Å². The van der Waals surface area contributed by atoms with Crippen molar-refractivity contribution in [1.82, 2.24) is 25.0 Å². The number of piperidine rings is 1. The Kier molecular flexibility index (Phi) is 6.14. The molecule has 0 aliphatic carbocycles. The largest absolute Gasteiger partial charge is 0.383 e. The third kappa shape index (κ3) is 5.11. The molecule has 2 aromatic heterocycles. The molecule has 7 nitrogen and oxygen atoms in total. The Hall–Kier alpha value is -2.25. The monoisotopic (exact) mass is 343 g/mol. The van der Waals surface area contributed by atoms with Crippen molar-refractivity contribution in [2.24, 2.45) is 0 Å². The van der Waals surface area contributed by atoms with Gasteiger partial charge in [-0.05, 0) is 36.6 Å². The summed E-state index contributed by atoms with van der Waals surface area (Å²) in [6.07, 6.45) is 7.38. The lowest BCUT2D eigenvalue weighted by atomic mass is 10.0. The first-order chi connectivity index (χ1) is 12.2. The van der Waals surface area contributed by atoms with Crippen LogP contribution >= 0.6 is 0 Å². The number of ether oxygens (including phenoxy) is 1. The molecule has 0 unspecified atom stereocenters. The zero-order valence-corrected chi connectivity index (χ0v) is 14.6. The molecule has 0 atom stereocenters. The summed E-state index contributed by atoms with van der Waals surface area (Å²) in [6, 6.07) is 6.07. The van der Waals surface area contributed by atoms with Gasteiger partial charge in [-0.15, -0.1) is 0 Å². The molecule has 0 aromatic carbocycles. The Labute approximate surface area is 148 Å². The second-order valence-corrected chi connectivity index (χ2v) is 6.34. The molecule has 0 spiro atoms. The fourth-order valence-electron chi connectivity index (χ4n) is 3.03. The fourth-order valence-corrected chi connectivity index (χ4v) is 3.03. The van der Waals surface area contributed by atoms with Gasteiger partial charge < -0.3 is 10.1 Å². The Morgan fingerprint density at radius 2 is 2.04 bits per heavy atom. The molecular formula is C18H25N5O2. The minimum atomic E-state index is -0.0937. The van der Waals surface area contributed by atoms with E-state index in [0.717, 1.165) is 32.5 Å². The second kappa shape index (κ2) is 8.73. The number of nitrogens with one attached hydrogen (secondary N) is 1. The molecule has 1 aliphatic heterocycles. The lowest BCUT2D eigenvalue weighted by molar-refractivity contribution is 0.0902. The highest BCUT2D eigenvalue weighted by atomic mass is 16.5. The Balaban J connectivity index is 1.44. The molecule has 0 saturated carbocycles. The maximum atomic E-state index is 12.3. The Morgan fingerprint density at radius 1 is 1.28 bits per heavy atom. The Morgan fingerprint density at radius 3 is 2.76 bits per heavy atom. The van der Waals surface area contributed by atoms with E-state index >= 15 is 0 Å². The third-order valence-electron chi connectivity index (χ3n) is 4.48. The molecule has 25 heavy (non-hydrogen) atoms. The van der Waals surface area contributed by atoms with Gasteiger partial charge in [-0.1, -0.05) is 0 Å². The minimum Gasteiger partial charge on any atom is -0.383 e. The van der Waals surface area contributed by atoms with Gasteiger partial charge in [0.1, 0.15) is 5.69 Å². The van der Waals surface area contributed by atoms with E-state index in [1.807, 2.05) is 30.7 Å². The van der Waals surface area contributed by atoms with Crippen LogP contribution in [0.15, 0.2) is 36.8 Å². The van der Waals surface area contributed by atoms with Crippen molar-refractivity contribution in [3.8, 4) is 0 Å². The predicted molar refractivity (Wildman–Crippen MR) is 94.1 cm³/mol. The van der Waals surface area contributed by atoms with Crippen LogP contribution in [0.3, 0.4) is 0 Å². The number of hydrogen-bond acceptors (Lipinski definition) is 5. The van der Waals surface area contributed by atoms with Crippen molar-refractivity contribution >= 4 is 5.91 Å². The number of carbonyl (C=O) groups is 1. The highest BCUT2D eigenvalue weighted by Gasteiger charge is 2.22. The molecule has 134 valence electrons. The van der Waals surface area contributed by atoms with Crippen LogP contribution < -0.4 is 5.32 Å². The summed E-state index contributed by atoms with van der Waals surface area (Å²) in [6.45, 7) is 4.13. The van der Waals surface area contributed by atoms with Crippen molar-refractivity contribution in [2.75, 3.05) is 26.8 Å². The number of methoxy groups -OCH3 is 1. The summed E-state index contributed by atoms with van der Waals surface area (Å²) < 4.78 is 6.75. The first-order valence-electron chi connectivity index (χ1n) is 8.69. The smallest absolute Gasteiger partial charge is 0.271 e. The predicted octanol–water partition coefficient (Wildman–Crippen LogP) is 1.32. The number of likely N-dealkylation sites (tertiary alicyclic amines) is 1. The van der Waals surface area contributed by atoms with Crippen LogP contribution in [0.2, 0.25) is 0 Å². The van der Waals surface area contributed by atoms with Crippen molar-refractivity contribution in [3.05, 3.63) is 48.0 Å². The number of rotatable bonds is 7. The number of carbonyl (C=O) groups excluding carboxylic acids is 1. The average molecular weight is 343 g/mol. The van der Waals surface area contributed by atoms with Crippen LogP contribution in [0.5, 0.6) is 0 Å². The van der Waals surface area contributed by atoms with Crippen molar-refractivity contribution in [1.29, 1.82) is 0 Å². The summed E-state index contributed by atoms with van der Waals surface area (Å²) >= 11 is 0. The molecule has 0 bridgehead atoms. The molecule has 1 fully saturated rings. The van der Waals surface area contributed by atoms with Crippen molar-refractivity contribution in [2.45, 2.75) is 32.0 Å². The zero-order valence-electron chi connectivity index (χ0n) is 14.6. The molecule has 1 saturated heterocycles. The van der Waals surface area contributed by atoms with Crippen LogP contribution in [0, 0.1) is 0 Å². The van der Waals surface area contributed by atoms with Gasteiger partial charge in [0.2, 0.25) is 0 Å². The molecule has 1 aliphatic rings. The highest BCUT2D eigenvalue weighted by molar-refractivity contribution is 5.92.